The standard InChI is InChI=1S/C16H29N3S/c1-13(2)17-10-15-7-8-16(20-15)12-19-9-5-6-14(19)11-18(3)4/h7-8,13-14,17H,5-6,9-12H2,1-4H3. The van der Waals surface area contributed by atoms with Gasteiger partial charge in [-0.2, -0.15) is 0 Å². The topological polar surface area (TPSA) is 18.5 Å². The van der Waals surface area contributed by atoms with Crippen LogP contribution in [0.4, 0.5) is 0 Å². The van der Waals surface area contributed by atoms with Gasteiger partial charge in [0.25, 0.3) is 0 Å². The van der Waals surface area contributed by atoms with E-state index in [0.29, 0.717) is 6.04 Å². The second kappa shape index (κ2) is 7.55. The van der Waals surface area contributed by atoms with E-state index in [2.05, 4.69) is 55.2 Å². The molecule has 0 aliphatic carbocycles. The maximum atomic E-state index is 3.49. The molecule has 114 valence electrons. The third-order valence-corrected chi connectivity index (χ3v) is 4.91. The molecule has 1 atom stereocenters. The summed E-state index contributed by atoms with van der Waals surface area (Å²) >= 11 is 1.96. The lowest BCUT2D eigenvalue weighted by Crippen LogP contribution is -2.36. The molecule has 0 spiro atoms. The number of nitrogens with zero attached hydrogens (tertiary/aromatic N) is 2. The van der Waals surface area contributed by atoms with Crippen LogP contribution in [0.2, 0.25) is 0 Å². The molecule has 1 fully saturated rings. The Morgan fingerprint density at radius 2 is 2.10 bits per heavy atom. The van der Waals surface area contributed by atoms with Gasteiger partial charge in [-0.1, -0.05) is 13.8 Å². The average molecular weight is 295 g/mol. The van der Waals surface area contributed by atoms with Crippen molar-refractivity contribution in [2.75, 3.05) is 27.2 Å². The summed E-state index contributed by atoms with van der Waals surface area (Å²) in [4.78, 5) is 7.94. The number of hydrogen-bond donors (Lipinski definition) is 1. The Hall–Kier alpha value is -0.420. The van der Waals surface area contributed by atoms with Crippen molar-refractivity contribution < 1.29 is 0 Å². The zero-order valence-electron chi connectivity index (χ0n) is 13.4. The van der Waals surface area contributed by atoms with E-state index in [1.807, 2.05) is 11.3 Å². The molecule has 1 saturated heterocycles. The van der Waals surface area contributed by atoms with Gasteiger partial charge in [0.1, 0.15) is 0 Å². The van der Waals surface area contributed by atoms with Gasteiger partial charge >= 0.3 is 0 Å². The van der Waals surface area contributed by atoms with Crippen LogP contribution >= 0.6 is 11.3 Å². The summed E-state index contributed by atoms with van der Waals surface area (Å²) in [7, 11) is 4.36. The number of nitrogens with one attached hydrogen (secondary N) is 1. The van der Waals surface area contributed by atoms with Gasteiger partial charge in [0.15, 0.2) is 0 Å². The Labute approximate surface area is 128 Å². The normalized spacial score (nSPS) is 20.4. The van der Waals surface area contributed by atoms with Gasteiger partial charge in [0, 0.05) is 41.5 Å². The first kappa shape index (κ1) is 16.0. The first-order valence-corrected chi connectivity index (χ1v) is 8.56. The molecule has 20 heavy (non-hydrogen) atoms. The van der Waals surface area contributed by atoms with E-state index in [9.17, 15) is 0 Å². The van der Waals surface area contributed by atoms with Crippen LogP contribution in [-0.2, 0) is 13.1 Å². The highest BCUT2D eigenvalue weighted by Crippen LogP contribution is 2.24. The molecule has 4 heteroatoms. The van der Waals surface area contributed by atoms with E-state index < -0.39 is 0 Å². The fraction of sp³-hybridized carbons (Fsp3) is 0.750. The van der Waals surface area contributed by atoms with Gasteiger partial charge in [-0.05, 0) is 45.6 Å². The summed E-state index contributed by atoms with van der Waals surface area (Å²) in [6.07, 6.45) is 2.71. The molecule has 2 rings (SSSR count). The van der Waals surface area contributed by atoms with E-state index in [-0.39, 0.29) is 0 Å². The third-order valence-electron chi connectivity index (χ3n) is 3.84. The molecule has 1 unspecified atom stereocenters. The number of hydrogen-bond acceptors (Lipinski definition) is 4. The molecule has 1 aliphatic heterocycles. The van der Waals surface area contributed by atoms with Crippen molar-refractivity contribution in [3.63, 3.8) is 0 Å². The van der Waals surface area contributed by atoms with Crippen LogP contribution in [0.5, 0.6) is 0 Å². The molecule has 2 heterocycles. The van der Waals surface area contributed by atoms with Crippen LogP contribution in [0, 0.1) is 0 Å². The highest BCUT2D eigenvalue weighted by molar-refractivity contribution is 7.11. The Bertz CT molecular complexity index is 400. The Kier molecular flexibility index (Phi) is 6.02. The molecule has 1 aliphatic rings. The van der Waals surface area contributed by atoms with Crippen LogP contribution < -0.4 is 5.32 Å². The van der Waals surface area contributed by atoms with Gasteiger partial charge in [-0.25, -0.2) is 0 Å². The van der Waals surface area contributed by atoms with E-state index in [4.69, 9.17) is 0 Å². The Morgan fingerprint density at radius 1 is 1.35 bits per heavy atom. The molecular formula is C16H29N3S. The van der Waals surface area contributed by atoms with Crippen molar-refractivity contribution in [1.82, 2.24) is 15.1 Å². The SMILES string of the molecule is CC(C)NCc1ccc(CN2CCCC2CN(C)C)s1. The molecule has 0 amide bonds. The quantitative estimate of drug-likeness (QED) is 0.834. The molecule has 1 aromatic rings. The minimum Gasteiger partial charge on any atom is -0.310 e. The summed E-state index contributed by atoms with van der Waals surface area (Å²) in [5, 5.41) is 3.49. The van der Waals surface area contributed by atoms with E-state index in [1.54, 1.807) is 0 Å². The fourth-order valence-electron chi connectivity index (χ4n) is 2.84. The number of likely N-dealkylation sites (N-methyl/N-ethyl adjacent to an activating group) is 1. The first-order chi connectivity index (χ1) is 9.54. The van der Waals surface area contributed by atoms with Crippen LogP contribution in [0.25, 0.3) is 0 Å². The van der Waals surface area contributed by atoms with Crippen LogP contribution in [-0.4, -0.2) is 49.1 Å². The van der Waals surface area contributed by atoms with Gasteiger partial charge in [0.2, 0.25) is 0 Å². The Balaban J connectivity index is 1.86. The van der Waals surface area contributed by atoms with Crippen LogP contribution in [0.3, 0.4) is 0 Å². The minimum atomic E-state index is 0.559. The molecule has 3 nitrogen and oxygen atoms in total. The number of rotatable bonds is 7. The number of thiophene rings is 1. The van der Waals surface area contributed by atoms with Crippen molar-refractivity contribution in [3.05, 3.63) is 21.9 Å². The van der Waals surface area contributed by atoms with Gasteiger partial charge in [-0.3, -0.25) is 4.90 Å². The lowest BCUT2D eigenvalue weighted by molar-refractivity contribution is 0.202. The maximum Gasteiger partial charge on any atom is 0.0331 e. The molecule has 1 N–H and O–H groups in total. The van der Waals surface area contributed by atoms with Gasteiger partial charge in [-0.15, -0.1) is 11.3 Å². The summed E-state index contributed by atoms with van der Waals surface area (Å²) in [5.74, 6) is 0. The Morgan fingerprint density at radius 3 is 2.80 bits per heavy atom. The van der Waals surface area contributed by atoms with Crippen LogP contribution in [0.15, 0.2) is 12.1 Å². The number of likely N-dealkylation sites (tertiary alicyclic amines) is 1. The summed E-state index contributed by atoms with van der Waals surface area (Å²) in [6, 6.07) is 5.90. The maximum absolute atomic E-state index is 3.49. The van der Waals surface area contributed by atoms with Crippen molar-refractivity contribution in [1.29, 1.82) is 0 Å². The summed E-state index contributed by atoms with van der Waals surface area (Å²) in [5.41, 5.74) is 0. The molecule has 0 radical (unpaired) electrons. The molecular weight excluding hydrogens is 266 g/mol. The third kappa shape index (κ3) is 4.85. The minimum absolute atomic E-state index is 0.559. The highest BCUT2D eigenvalue weighted by Gasteiger charge is 2.25. The largest absolute Gasteiger partial charge is 0.310 e. The van der Waals surface area contributed by atoms with Crippen molar-refractivity contribution in [2.45, 2.75) is 51.9 Å². The highest BCUT2D eigenvalue weighted by atomic mass is 32.1. The predicted molar refractivity (Wildman–Crippen MR) is 88.3 cm³/mol. The lowest BCUT2D eigenvalue weighted by atomic mass is 10.2. The average Bonchev–Trinajstić information content (AvgIpc) is 2.97. The second-order valence-corrected chi connectivity index (χ2v) is 7.69. The zero-order valence-corrected chi connectivity index (χ0v) is 14.2. The van der Waals surface area contributed by atoms with Gasteiger partial charge in [0.05, 0.1) is 0 Å². The van der Waals surface area contributed by atoms with E-state index in [1.165, 1.54) is 35.7 Å². The summed E-state index contributed by atoms with van der Waals surface area (Å²) < 4.78 is 0. The van der Waals surface area contributed by atoms with Crippen molar-refractivity contribution >= 4 is 11.3 Å². The summed E-state index contributed by atoms with van der Waals surface area (Å²) in [6.45, 7) is 8.98. The van der Waals surface area contributed by atoms with Crippen LogP contribution in [0.1, 0.15) is 36.4 Å². The van der Waals surface area contributed by atoms with Crippen molar-refractivity contribution in [3.8, 4) is 0 Å². The molecule has 0 aromatic carbocycles. The van der Waals surface area contributed by atoms with Crippen molar-refractivity contribution in [2.24, 2.45) is 0 Å². The molecule has 1 aromatic heterocycles. The fourth-order valence-corrected chi connectivity index (χ4v) is 3.83. The monoisotopic (exact) mass is 295 g/mol. The predicted octanol–water partition coefficient (Wildman–Crippen LogP) is 2.77. The molecule has 0 saturated carbocycles. The van der Waals surface area contributed by atoms with Gasteiger partial charge < -0.3 is 10.2 Å². The lowest BCUT2D eigenvalue weighted by Gasteiger charge is -2.26. The molecule has 0 bridgehead atoms. The first-order valence-electron chi connectivity index (χ1n) is 7.74. The smallest absolute Gasteiger partial charge is 0.0331 e. The second-order valence-electron chi connectivity index (χ2n) is 6.43. The van der Waals surface area contributed by atoms with E-state index in [0.717, 1.165) is 19.1 Å². The zero-order chi connectivity index (χ0) is 14.5. The van der Waals surface area contributed by atoms with E-state index >= 15 is 0 Å².